The van der Waals surface area contributed by atoms with Gasteiger partial charge in [0.15, 0.2) is 0 Å². The van der Waals surface area contributed by atoms with Gasteiger partial charge in [0.2, 0.25) is 0 Å². The van der Waals surface area contributed by atoms with Gasteiger partial charge in [0.1, 0.15) is 12.4 Å². The molecule has 178 valence electrons. The third-order valence-corrected chi connectivity index (χ3v) is 6.65. The van der Waals surface area contributed by atoms with Crippen LogP contribution in [-0.4, -0.2) is 34.0 Å². The standard InChI is InChI=1S/C25H29F3N2O3/c1-16-23(10-8-20(29-16)14-30-12-19(13-30)24(31)32)33-15-17-7-9-21(18-5-3-2-4-6-18)22(11-17)25(26,27)28/h7-11,18-19H,2-6,12-15H2,1H3,(H,31,32). The molecule has 1 aromatic heterocycles. The molecule has 0 amide bonds. The lowest BCUT2D eigenvalue weighted by atomic mass is 9.81. The zero-order valence-corrected chi connectivity index (χ0v) is 18.7. The number of likely N-dealkylation sites (tertiary alicyclic amines) is 1. The topological polar surface area (TPSA) is 62.7 Å². The Hall–Kier alpha value is -2.61. The Morgan fingerprint density at radius 3 is 2.52 bits per heavy atom. The molecule has 2 fully saturated rings. The minimum Gasteiger partial charge on any atom is -0.487 e. The summed E-state index contributed by atoms with van der Waals surface area (Å²) in [7, 11) is 0. The largest absolute Gasteiger partial charge is 0.487 e. The van der Waals surface area contributed by atoms with Gasteiger partial charge in [-0.2, -0.15) is 13.2 Å². The molecule has 1 saturated heterocycles. The maximum absolute atomic E-state index is 13.8. The second-order valence-electron chi connectivity index (χ2n) is 9.16. The van der Waals surface area contributed by atoms with Gasteiger partial charge in [-0.25, -0.2) is 0 Å². The Morgan fingerprint density at radius 2 is 1.88 bits per heavy atom. The number of nitrogens with zero attached hydrogens (tertiary/aromatic N) is 2. The molecule has 8 heteroatoms. The second kappa shape index (κ2) is 9.71. The maximum Gasteiger partial charge on any atom is 0.416 e. The number of hydrogen-bond donors (Lipinski definition) is 1. The van der Waals surface area contributed by atoms with E-state index in [1.807, 2.05) is 11.0 Å². The average molecular weight is 463 g/mol. The molecular formula is C25H29F3N2O3. The van der Waals surface area contributed by atoms with Gasteiger partial charge >= 0.3 is 12.1 Å². The quantitative estimate of drug-likeness (QED) is 0.584. The molecule has 33 heavy (non-hydrogen) atoms. The van der Waals surface area contributed by atoms with Crippen molar-refractivity contribution in [1.29, 1.82) is 0 Å². The molecule has 2 heterocycles. The van der Waals surface area contributed by atoms with Crippen molar-refractivity contribution in [2.45, 2.75) is 64.3 Å². The van der Waals surface area contributed by atoms with E-state index in [4.69, 9.17) is 9.84 Å². The summed E-state index contributed by atoms with van der Waals surface area (Å²) in [5.74, 6) is -0.600. The van der Waals surface area contributed by atoms with Gasteiger partial charge in [0.05, 0.1) is 22.9 Å². The van der Waals surface area contributed by atoms with Gasteiger partial charge in [0, 0.05) is 19.6 Å². The Morgan fingerprint density at radius 1 is 1.15 bits per heavy atom. The van der Waals surface area contributed by atoms with E-state index in [9.17, 15) is 18.0 Å². The highest BCUT2D eigenvalue weighted by Gasteiger charge is 2.36. The average Bonchev–Trinajstić information content (AvgIpc) is 2.75. The smallest absolute Gasteiger partial charge is 0.416 e. The maximum atomic E-state index is 13.8. The molecule has 4 rings (SSSR count). The second-order valence-corrected chi connectivity index (χ2v) is 9.16. The molecule has 0 spiro atoms. The minimum atomic E-state index is -4.39. The van der Waals surface area contributed by atoms with Crippen molar-refractivity contribution >= 4 is 5.97 Å². The minimum absolute atomic E-state index is 0.0264. The van der Waals surface area contributed by atoms with E-state index in [1.54, 1.807) is 25.1 Å². The number of carbonyl (C=O) groups is 1. The molecule has 2 aromatic rings. The Bertz CT molecular complexity index is 997. The van der Waals surface area contributed by atoms with E-state index < -0.39 is 17.7 Å². The molecule has 5 nitrogen and oxygen atoms in total. The number of hydrogen-bond acceptors (Lipinski definition) is 4. The number of rotatable bonds is 7. The summed E-state index contributed by atoms with van der Waals surface area (Å²) >= 11 is 0. The molecule has 1 aliphatic carbocycles. The number of benzene rings is 1. The van der Waals surface area contributed by atoms with Crippen LogP contribution >= 0.6 is 0 Å². The summed E-state index contributed by atoms with van der Waals surface area (Å²) in [6, 6.07) is 8.17. The van der Waals surface area contributed by atoms with Crippen molar-refractivity contribution < 1.29 is 27.8 Å². The highest BCUT2D eigenvalue weighted by Crippen LogP contribution is 2.41. The zero-order valence-electron chi connectivity index (χ0n) is 18.7. The van der Waals surface area contributed by atoms with Gasteiger partial charge < -0.3 is 9.84 Å². The van der Waals surface area contributed by atoms with E-state index in [2.05, 4.69) is 4.98 Å². The first-order valence-corrected chi connectivity index (χ1v) is 11.4. The van der Waals surface area contributed by atoms with Gasteiger partial charge in [0.25, 0.3) is 0 Å². The molecule has 1 aliphatic heterocycles. The molecule has 0 unspecified atom stereocenters. The Labute approximate surface area is 191 Å². The molecule has 0 radical (unpaired) electrons. The third-order valence-electron chi connectivity index (χ3n) is 6.65. The van der Waals surface area contributed by atoms with Crippen molar-refractivity contribution in [1.82, 2.24) is 9.88 Å². The molecular weight excluding hydrogens is 433 g/mol. The fourth-order valence-electron chi connectivity index (χ4n) is 4.79. The number of ether oxygens (including phenoxy) is 1. The number of aromatic nitrogens is 1. The van der Waals surface area contributed by atoms with Crippen LogP contribution in [0, 0.1) is 12.8 Å². The van der Waals surface area contributed by atoms with E-state index >= 15 is 0 Å². The van der Waals surface area contributed by atoms with Crippen LogP contribution in [0.1, 0.15) is 66.1 Å². The zero-order chi connectivity index (χ0) is 23.6. The molecule has 0 bridgehead atoms. The summed E-state index contributed by atoms with van der Waals surface area (Å²) in [6.07, 6.45) is 0.282. The highest BCUT2D eigenvalue weighted by atomic mass is 19.4. The van der Waals surface area contributed by atoms with Crippen LogP contribution < -0.4 is 4.74 Å². The molecule has 1 saturated carbocycles. The number of pyridine rings is 1. The fraction of sp³-hybridized carbons (Fsp3) is 0.520. The van der Waals surface area contributed by atoms with Crippen molar-refractivity contribution in [3.8, 4) is 5.75 Å². The van der Waals surface area contributed by atoms with Crippen LogP contribution in [0.15, 0.2) is 30.3 Å². The summed E-state index contributed by atoms with van der Waals surface area (Å²) in [6.45, 7) is 3.40. The van der Waals surface area contributed by atoms with E-state index in [0.717, 1.165) is 37.8 Å². The van der Waals surface area contributed by atoms with Crippen LogP contribution in [0.5, 0.6) is 5.75 Å². The van der Waals surface area contributed by atoms with Crippen LogP contribution in [0.4, 0.5) is 13.2 Å². The lowest BCUT2D eigenvalue weighted by Crippen LogP contribution is -2.49. The third kappa shape index (κ3) is 5.66. The molecule has 2 aliphatic rings. The van der Waals surface area contributed by atoms with Crippen LogP contribution in [0.25, 0.3) is 0 Å². The molecule has 1 aromatic carbocycles. The van der Waals surface area contributed by atoms with Crippen molar-refractivity contribution in [2.24, 2.45) is 5.92 Å². The Kier molecular flexibility index (Phi) is 6.93. The van der Waals surface area contributed by atoms with Gasteiger partial charge in [-0.05, 0) is 55.0 Å². The lowest BCUT2D eigenvalue weighted by molar-refractivity contribution is -0.147. The van der Waals surface area contributed by atoms with Crippen molar-refractivity contribution in [3.63, 3.8) is 0 Å². The predicted molar refractivity (Wildman–Crippen MR) is 117 cm³/mol. The van der Waals surface area contributed by atoms with Crippen molar-refractivity contribution in [2.75, 3.05) is 13.1 Å². The lowest BCUT2D eigenvalue weighted by Gasteiger charge is -2.36. The number of carboxylic acids is 1. The van der Waals surface area contributed by atoms with E-state index in [0.29, 0.717) is 42.2 Å². The normalized spacial score (nSPS) is 18.2. The molecule has 0 atom stereocenters. The summed E-state index contributed by atoms with van der Waals surface area (Å²) in [4.78, 5) is 17.4. The first-order chi connectivity index (χ1) is 15.7. The first kappa shape index (κ1) is 23.5. The summed E-state index contributed by atoms with van der Waals surface area (Å²) < 4.78 is 47.1. The van der Waals surface area contributed by atoms with Gasteiger partial charge in [-0.1, -0.05) is 31.4 Å². The molecule has 1 N–H and O–H groups in total. The van der Waals surface area contributed by atoms with Gasteiger partial charge in [-0.3, -0.25) is 14.7 Å². The van der Waals surface area contributed by atoms with E-state index in [-0.39, 0.29) is 18.4 Å². The van der Waals surface area contributed by atoms with Crippen LogP contribution in [0.2, 0.25) is 0 Å². The number of alkyl halides is 3. The Balaban J connectivity index is 1.40. The predicted octanol–water partition coefficient (Wildman–Crippen LogP) is 5.55. The van der Waals surface area contributed by atoms with Crippen molar-refractivity contribution in [3.05, 3.63) is 58.4 Å². The fourth-order valence-corrected chi connectivity index (χ4v) is 4.79. The number of aryl methyl sites for hydroxylation is 1. The first-order valence-electron chi connectivity index (χ1n) is 11.4. The SMILES string of the molecule is Cc1nc(CN2CC(C(=O)O)C2)ccc1OCc1ccc(C2CCCCC2)c(C(F)(F)F)c1. The van der Waals surface area contributed by atoms with Gasteiger partial charge in [-0.15, -0.1) is 0 Å². The number of halogens is 3. The summed E-state index contributed by atoms with van der Waals surface area (Å²) in [5.41, 5.74) is 1.79. The van der Waals surface area contributed by atoms with Crippen LogP contribution in [-0.2, 0) is 24.1 Å². The monoisotopic (exact) mass is 462 g/mol. The van der Waals surface area contributed by atoms with Crippen LogP contribution in [0.3, 0.4) is 0 Å². The summed E-state index contributed by atoms with van der Waals surface area (Å²) in [5, 5.41) is 8.97. The highest BCUT2D eigenvalue weighted by molar-refractivity contribution is 5.71. The van der Waals surface area contributed by atoms with E-state index in [1.165, 1.54) is 6.07 Å². The number of carboxylic acid groups (broad SMARTS) is 1. The number of aliphatic carboxylic acids is 1.